The molecule has 4 aliphatic heterocycles. The number of ether oxygens (including phenoxy) is 3. The second kappa shape index (κ2) is 19.5. The number of anilines is 2. The Morgan fingerprint density at radius 1 is 0.717 bits per heavy atom. The summed E-state index contributed by atoms with van der Waals surface area (Å²) in [4.78, 5) is 38.2. The number of nitrogens with one attached hydrogen (secondary N) is 3. The van der Waals surface area contributed by atoms with Crippen LogP contribution in [0.5, 0.6) is 0 Å². The third-order valence-electron chi connectivity index (χ3n) is 11.8. The molecule has 3 N–H and O–H groups in total. The predicted molar refractivity (Wildman–Crippen MR) is 210 cm³/mol. The zero-order chi connectivity index (χ0) is 37.8. The van der Waals surface area contributed by atoms with E-state index in [9.17, 15) is 14.4 Å². The van der Waals surface area contributed by atoms with Gasteiger partial charge in [-0.3, -0.25) is 9.59 Å². The molecule has 2 saturated heterocycles. The number of carbonyl (C=O) groups is 3. The van der Waals surface area contributed by atoms with E-state index in [4.69, 9.17) is 14.2 Å². The highest BCUT2D eigenvalue weighted by Gasteiger charge is 2.34. The first-order valence-corrected chi connectivity index (χ1v) is 20.0. The molecular formula is C43H64N4O6. The summed E-state index contributed by atoms with van der Waals surface area (Å²) < 4.78 is 15.5. The maximum absolute atomic E-state index is 12.3. The van der Waals surface area contributed by atoms with Gasteiger partial charge < -0.3 is 35.1 Å². The van der Waals surface area contributed by atoms with Gasteiger partial charge in [0.05, 0.1) is 14.2 Å². The van der Waals surface area contributed by atoms with Gasteiger partial charge in [-0.1, -0.05) is 36.4 Å². The fourth-order valence-corrected chi connectivity index (χ4v) is 8.73. The van der Waals surface area contributed by atoms with Crippen LogP contribution in [0.2, 0.25) is 0 Å². The third kappa shape index (κ3) is 12.4. The summed E-state index contributed by atoms with van der Waals surface area (Å²) in [6.45, 7) is 11.2. The van der Waals surface area contributed by atoms with Crippen molar-refractivity contribution in [3.63, 3.8) is 0 Å². The van der Waals surface area contributed by atoms with Gasteiger partial charge in [0.25, 0.3) is 0 Å². The Labute approximate surface area is 317 Å². The van der Waals surface area contributed by atoms with Crippen LogP contribution in [-0.2, 0) is 36.6 Å². The number of methoxy groups -OCH3 is 2. The normalized spacial score (nSPS) is 21.6. The van der Waals surface area contributed by atoms with Gasteiger partial charge in [0.1, 0.15) is 5.60 Å². The van der Waals surface area contributed by atoms with Crippen LogP contribution >= 0.6 is 0 Å². The van der Waals surface area contributed by atoms with Crippen LogP contribution in [0.25, 0.3) is 0 Å². The lowest BCUT2D eigenvalue weighted by Crippen LogP contribution is -2.42. The molecule has 4 aliphatic rings. The maximum Gasteiger partial charge on any atom is 0.410 e. The Hall–Kier alpha value is -3.79. The molecule has 6 rings (SSSR count). The molecule has 4 atom stereocenters. The summed E-state index contributed by atoms with van der Waals surface area (Å²) >= 11 is 0. The van der Waals surface area contributed by atoms with E-state index in [1.54, 1.807) is 0 Å². The molecule has 1 amide bonds. The minimum atomic E-state index is -0.468. The average molecular weight is 733 g/mol. The molecule has 0 spiro atoms. The van der Waals surface area contributed by atoms with Crippen LogP contribution in [0.1, 0.15) is 83.3 Å². The minimum absolute atomic E-state index is 0.0669. The van der Waals surface area contributed by atoms with Crippen molar-refractivity contribution < 1.29 is 28.6 Å². The molecule has 0 aliphatic carbocycles. The van der Waals surface area contributed by atoms with Gasteiger partial charge in [-0.05, 0) is 144 Å². The number of esters is 2. The molecule has 4 heterocycles. The number of hydrogen-bond donors (Lipinski definition) is 3. The first-order chi connectivity index (χ1) is 25.5. The summed E-state index contributed by atoms with van der Waals surface area (Å²) in [5.41, 5.74) is 4.69. The van der Waals surface area contributed by atoms with E-state index in [-0.39, 0.29) is 23.9 Å². The number of nitrogens with zero attached hydrogens (tertiary/aromatic N) is 1. The van der Waals surface area contributed by atoms with E-state index in [1.807, 2.05) is 25.7 Å². The fraction of sp³-hybridized carbons (Fsp3) is 0.651. The summed E-state index contributed by atoms with van der Waals surface area (Å²) in [6, 6.07) is 16.9. The van der Waals surface area contributed by atoms with Gasteiger partial charge in [0.2, 0.25) is 0 Å². The zero-order valence-electron chi connectivity index (χ0n) is 32.8. The SMILES string of the molecule is COC(=O)C[C@H](CC1CCN(C(=O)OC(C)(C)C)CC1)[C@H]1CNc2ccccc2C1.COC(=O)C[C@H](CC1CCNCC1)[C@H]1CNc2ccccc2C1. The molecule has 0 radical (unpaired) electrons. The Morgan fingerprint density at radius 3 is 1.62 bits per heavy atom. The molecule has 0 saturated carbocycles. The topological polar surface area (TPSA) is 118 Å². The number of piperidine rings is 2. The highest BCUT2D eigenvalue weighted by atomic mass is 16.6. The van der Waals surface area contributed by atoms with Gasteiger partial charge in [0, 0.05) is 50.4 Å². The van der Waals surface area contributed by atoms with E-state index in [0.717, 1.165) is 83.7 Å². The molecule has 2 aromatic rings. The Bertz CT molecular complexity index is 1480. The zero-order valence-corrected chi connectivity index (χ0v) is 32.8. The van der Waals surface area contributed by atoms with Crippen molar-refractivity contribution in [1.29, 1.82) is 0 Å². The van der Waals surface area contributed by atoms with E-state index >= 15 is 0 Å². The number of likely N-dealkylation sites (tertiary alicyclic amines) is 1. The van der Waals surface area contributed by atoms with Crippen LogP contribution in [0.4, 0.5) is 16.2 Å². The smallest absolute Gasteiger partial charge is 0.410 e. The summed E-state index contributed by atoms with van der Waals surface area (Å²) in [5.74, 6) is 2.65. The number of carbonyl (C=O) groups excluding carboxylic acids is 3. The third-order valence-corrected chi connectivity index (χ3v) is 11.8. The molecule has 0 unspecified atom stereocenters. The molecule has 10 nitrogen and oxygen atoms in total. The monoisotopic (exact) mass is 732 g/mol. The lowest BCUT2D eigenvalue weighted by molar-refractivity contribution is -0.143. The summed E-state index contributed by atoms with van der Waals surface area (Å²) in [6.07, 6.45) is 9.34. The van der Waals surface area contributed by atoms with E-state index in [2.05, 4.69) is 64.5 Å². The molecular weight excluding hydrogens is 668 g/mol. The van der Waals surface area contributed by atoms with Gasteiger partial charge in [-0.2, -0.15) is 0 Å². The molecule has 0 aromatic heterocycles. The highest BCUT2D eigenvalue weighted by molar-refractivity contribution is 5.70. The molecule has 10 heteroatoms. The molecule has 53 heavy (non-hydrogen) atoms. The molecule has 0 bridgehead atoms. The molecule has 2 fully saturated rings. The molecule has 2 aromatic carbocycles. The minimum Gasteiger partial charge on any atom is -0.469 e. The predicted octanol–water partition coefficient (Wildman–Crippen LogP) is 7.33. The number of benzene rings is 2. The lowest BCUT2D eigenvalue weighted by Gasteiger charge is -2.37. The van der Waals surface area contributed by atoms with Crippen molar-refractivity contribution in [3.05, 3.63) is 59.7 Å². The number of para-hydroxylation sites is 2. The van der Waals surface area contributed by atoms with E-state index in [1.165, 1.54) is 49.6 Å². The first kappa shape index (κ1) is 40.4. The Morgan fingerprint density at radius 2 is 1.17 bits per heavy atom. The van der Waals surface area contributed by atoms with Gasteiger partial charge in [-0.15, -0.1) is 0 Å². The number of hydrogen-bond acceptors (Lipinski definition) is 9. The fourth-order valence-electron chi connectivity index (χ4n) is 8.73. The average Bonchev–Trinajstić information content (AvgIpc) is 3.17. The van der Waals surface area contributed by atoms with Crippen molar-refractivity contribution in [2.24, 2.45) is 35.5 Å². The van der Waals surface area contributed by atoms with E-state index in [0.29, 0.717) is 36.5 Å². The number of fused-ring (bicyclic) bond motifs is 2. The second-order valence-electron chi connectivity index (χ2n) is 16.7. The van der Waals surface area contributed by atoms with Crippen molar-refractivity contribution in [2.75, 3.05) is 64.1 Å². The second-order valence-corrected chi connectivity index (χ2v) is 16.7. The van der Waals surface area contributed by atoms with Gasteiger partial charge >= 0.3 is 18.0 Å². The lowest BCUT2D eigenvalue weighted by atomic mass is 9.75. The largest absolute Gasteiger partial charge is 0.469 e. The van der Waals surface area contributed by atoms with E-state index < -0.39 is 5.60 Å². The van der Waals surface area contributed by atoms with Crippen LogP contribution in [-0.4, -0.2) is 82.0 Å². The Kier molecular flexibility index (Phi) is 14.9. The number of amides is 1. The quantitative estimate of drug-likeness (QED) is 0.171. The van der Waals surface area contributed by atoms with Crippen molar-refractivity contribution in [1.82, 2.24) is 10.2 Å². The van der Waals surface area contributed by atoms with Gasteiger partial charge in [-0.25, -0.2) is 4.79 Å². The Balaban J connectivity index is 0.000000211. The summed E-state index contributed by atoms with van der Waals surface area (Å²) in [5, 5.41) is 10.5. The van der Waals surface area contributed by atoms with Crippen LogP contribution in [0.3, 0.4) is 0 Å². The van der Waals surface area contributed by atoms with Crippen LogP contribution in [0, 0.1) is 35.5 Å². The van der Waals surface area contributed by atoms with Crippen molar-refractivity contribution in [3.8, 4) is 0 Å². The first-order valence-electron chi connectivity index (χ1n) is 20.0. The number of rotatable bonds is 10. The molecule has 292 valence electrons. The van der Waals surface area contributed by atoms with Crippen molar-refractivity contribution >= 4 is 29.4 Å². The highest BCUT2D eigenvalue weighted by Crippen LogP contribution is 2.37. The maximum atomic E-state index is 12.3. The van der Waals surface area contributed by atoms with Gasteiger partial charge in [0.15, 0.2) is 0 Å². The van der Waals surface area contributed by atoms with Crippen LogP contribution < -0.4 is 16.0 Å². The summed E-state index contributed by atoms with van der Waals surface area (Å²) in [7, 11) is 2.96. The van der Waals surface area contributed by atoms with Crippen molar-refractivity contribution in [2.45, 2.75) is 90.6 Å². The standard InChI is InChI=1S/C24H36N2O4.C19H28N2O2/c1-24(2,3)30-23(28)26-11-9-17(10-12-26)13-19(15-22(27)29-4)20-14-18-7-5-6-8-21(18)25-16-20;1-23-19(22)12-16(10-14-6-8-20-9-7-14)17-11-15-4-2-3-5-18(15)21-13-17/h5-8,17,19-20,25H,9-16H2,1-4H3;2-5,14,16-17,20-21H,6-13H2,1H3/t19-,20+;16-,17+/m00/s1. The van der Waals surface area contributed by atoms with Crippen LogP contribution in [0.15, 0.2) is 48.5 Å².